The Labute approximate surface area is 114 Å². The van der Waals surface area contributed by atoms with Crippen molar-refractivity contribution in [3.05, 3.63) is 35.4 Å². The van der Waals surface area contributed by atoms with Crippen LogP contribution in [0, 0.1) is 5.92 Å². The molecule has 1 aromatic carbocycles. The van der Waals surface area contributed by atoms with Crippen LogP contribution in [0.15, 0.2) is 24.3 Å². The fourth-order valence-corrected chi connectivity index (χ4v) is 1.84. The molecular formula is C13H20ClNO3. The van der Waals surface area contributed by atoms with Crippen molar-refractivity contribution in [2.75, 3.05) is 7.11 Å². The first kappa shape index (κ1) is 17.1. The average molecular weight is 274 g/mol. The molecule has 4 nitrogen and oxygen atoms in total. The number of aliphatic hydroxyl groups excluding tert-OH is 1. The molecule has 0 aliphatic heterocycles. The number of halogens is 1. The fraction of sp³-hybridized carbons (Fsp3) is 0.462. The molecule has 0 radical (unpaired) electrons. The standard InChI is InChI=1S/C13H19NO3.ClH/c1-9(2)12(16)13(14,17-3)11-7-5-4-6-10(11)8-15;/h4-9,12,16H,14H2,1-3H3;1H/t12-,13-;/m0./s1. The predicted molar refractivity (Wildman–Crippen MR) is 72.8 cm³/mol. The van der Waals surface area contributed by atoms with E-state index in [1.165, 1.54) is 7.11 Å². The number of hydrogen-bond donors (Lipinski definition) is 2. The number of aldehydes is 1. The summed E-state index contributed by atoms with van der Waals surface area (Å²) in [5.41, 5.74) is 5.67. The third kappa shape index (κ3) is 3.09. The Morgan fingerprint density at radius 3 is 2.39 bits per heavy atom. The Balaban J connectivity index is 0.00000289. The van der Waals surface area contributed by atoms with Crippen molar-refractivity contribution in [1.82, 2.24) is 0 Å². The molecule has 5 heteroatoms. The largest absolute Gasteiger partial charge is 0.388 e. The lowest BCUT2D eigenvalue weighted by molar-refractivity contribution is -0.122. The molecule has 0 bridgehead atoms. The van der Waals surface area contributed by atoms with Crippen LogP contribution in [-0.2, 0) is 10.5 Å². The molecule has 0 unspecified atom stereocenters. The molecule has 0 aromatic heterocycles. The van der Waals surface area contributed by atoms with E-state index in [0.717, 1.165) is 0 Å². The van der Waals surface area contributed by atoms with Gasteiger partial charge in [-0.05, 0) is 5.92 Å². The van der Waals surface area contributed by atoms with Gasteiger partial charge in [0, 0.05) is 18.2 Å². The van der Waals surface area contributed by atoms with Crippen LogP contribution < -0.4 is 5.73 Å². The third-order valence-electron chi connectivity index (χ3n) is 2.92. The summed E-state index contributed by atoms with van der Waals surface area (Å²) in [6, 6.07) is 6.84. The summed E-state index contributed by atoms with van der Waals surface area (Å²) in [6.07, 6.45) is -0.183. The lowest BCUT2D eigenvalue weighted by atomic mass is 9.88. The van der Waals surface area contributed by atoms with Crippen LogP contribution in [0.3, 0.4) is 0 Å². The lowest BCUT2D eigenvalue weighted by Gasteiger charge is -2.36. The Morgan fingerprint density at radius 1 is 1.39 bits per heavy atom. The van der Waals surface area contributed by atoms with E-state index in [-0.39, 0.29) is 18.3 Å². The molecule has 0 saturated carbocycles. The third-order valence-corrected chi connectivity index (χ3v) is 2.92. The van der Waals surface area contributed by atoms with Crippen LogP contribution in [-0.4, -0.2) is 24.6 Å². The number of nitrogens with two attached hydrogens (primary N) is 1. The smallest absolute Gasteiger partial charge is 0.169 e. The Morgan fingerprint density at radius 2 is 1.94 bits per heavy atom. The highest BCUT2D eigenvalue weighted by Gasteiger charge is 2.39. The highest BCUT2D eigenvalue weighted by atomic mass is 35.5. The molecule has 3 N–H and O–H groups in total. The minimum Gasteiger partial charge on any atom is -0.388 e. The van der Waals surface area contributed by atoms with E-state index in [4.69, 9.17) is 10.5 Å². The topological polar surface area (TPSA) is 72.5 Å². The second-order valence-corrected chi connectivity index (χ2v) is 4.39. The quantitative estimate of drug-likeness (QED) is 0.633. The van der Waals surface area contributed by atoms with Crippen LogP contribution in [0.1, 0.15) is 29.8 Å². The number of rotatable bonds is 5. The second-order valence-electron chi connectivity index (χ2n) is 4.39. The first-order chi connectivity index (χ1) is 7.97. The SMILES string of the molecule is CO[C@@](N)(c1ccccc1C=O)[C@@H](O)C(C)C.Cl. The molecule has 1 rings (SSSR count). The first-order valence-electron chi connectivity index (χ1n) is 5.54. The molecule has 0 fully saturated rings. The van der Waals surface area contributed by atoms with E-state index in [1.54, 1.807) is 24.3 Å². The van der Waals surface area contributed by atoms with Gasteiger partial charge in [0.05, 0.1) is 0 Å². The van der Waals surface area contributed by atoms with Crippen molar-refractivity contribution in [3.8, 4) is 0 Å². The van der Waals surface area contributed by atoms with Crippen LogP contribution in [0.5, 0.6) is 0 Å². The van der Waals surface area contributed by atoms with Gasteiger partial charge < -0.3 is 9.84 Å². The number of benzene rings is 1. The Kier molecular flexibility index (Phi) is 6.49. The van der Waals surface area contributed by atoms with Crippen molar-refractivity contribution >= 4 is 18.7 Å². The number of methoxy groups -OCH3 is 1. The maximum absolute atomic E-state index is 11.0. The summed E-state index contributed by atoms with van der Waals surface area (Å²) in [4.78, 5) is 11.0. The van der Waals surface area contributed by atoms with Crippen molar-refractivity contribution in [1.29, 1.82) is 0 Å². The van der Waals surface area contributed by atoms with Gasteiger partial charge >= 0.3 is 0 Å². The summed E-state index contributed by atoms with van der Waals surface area (Å²) in [7, 11) is 1.42. The zero-order valence-corrected chi connectivity index (χ0v) is 11.6. The number of hydrogen-bond acceptors (Lipinski definition) is 4. The monoisotopic (exact) mass is 273 g/mol. The van der Waals surface area contributed by atoms with Gasteiger partial charge in [0.1, 0.15) is 12.4 Å². The van der Waals surface area contributed by atoms with Gasteiger partial charge in [-0.25, -0.2) is 0 Å². The highest BCUT2D eigenvalue weighted by Crippen LogP contribution is 2.29. The molecule has 0 amide bonds. The summed E-state index contributed by atoms with van der Waals surface area (Å²) in [5.74, 6) is -0.0836. The van der Waals surface area contributed by atoms with Gasteiger partial charge in [0.15, 0.2) is 5.72 Å². The van der Waals surface area contributed by atoms with Crippen molar-refractivity contribution in [2.45, 2.75) is 25.7 Å². The van der Waals surface area contributed by atoms with Gasteiger partial charge in [-0.2, -0.15) is 0 Å². The van der Waals surface area contributed by atoms with Crippen LogP contribution in [0.2, 0.25) is 0 Å². The van der Waals surface area contributed by atoms with Gasteiger partial charge in [-0.15, -0.1) is 12.4 Å². The molecule has 18 heavy (non-hydrogen) atoms. The molecular weight excluding hydrogens is 254 g/mol. The Bertz CT molecular complexity index is 398. The summed E-state index contributed by atoms with van der Waals surface area (Å²) < 4.78 is 5.26. The second kappa shape index (κ2) is 6.85. The molecule has 0 aliphatic carbocycles. The number of carbonyl (C=O) groups excluding carboxylic acids is 1. The van der Waals surface area contributed by atoms with E-state index >= 15 is 0 Å². The molecule has 1 aromatic rings. The Hall–Kier alpha value is -0.940. The zero-order valence-electron chi connectivity index (χ0n) is 10.8. The van der Waals surface area contributed by atoms with Gasteiger partial charge in [0.2, 0.25) is 0 Å². The predicted octanol–water partition coefficient (Wildman–Crippen LogP) is 1.70. The van der Waals surface area contributed by atoms with Crippen molar-refractivity contribution in [3.63, 3.8) is 0 Å². The van der Waals surface area contributed by atoms with Crippen molar-refractivity contribution in [2.24, 2.45) is 11.7 Å². The normalized spacial score (nSPS) is 15.7. The molecule has 102 valence electrons. The van der Waals surface area contributed by atoms with Gasteiger partial charge in [-0.3, -0.25) is 10.5 Å². The van der Waals surface area contributed by atoms with Gasteiger partial charge in [-0.1, -0.05) is 38.1 Å². The minimum absolute atomic E-state index is 0. The van der Waals surface area contributed by atoms with Gasteiger partial charge in [0.25, 0.3) is 0 Å². The van der Waals surface area contributed by atoms with E-state index < -0.39 is 11.8 Å². The van der Waals surface area contributed by atoms with E-state index in [1.807, 2.05) is 13.8 Å². The van der Waals surface area contributed by atoms with Crippen molar-refractivity contribution < 1.29 is 14.6 Å². The number of ether oxygens (including phenoxy) is 1. The molecule has 2 atom stereocenters. The summed E-state index contributed by atoms with van der Waals surface area (Å²) in [5, 5.41) is 10.2. The zero-order chi connectivity index (χ0) is 13.1. The first-order valence-corrected chi connectivity index (χ1v) is 5.54. The fourth-order valence-electron chi connectivity index (χ4n) is 1.84. The minimum atomic E-state index is -1.37. The molecule has 0 spiro atoms. The lowest BCUT2D eigenvalue weighted by Crippen LogP contribution is -2.52. The van der Waals surface area contributed by atoms with Crippen LogP contribution in [0.25, 0.3) is 0 Å². The van der Waals surface area contributed by atoms with E-state index in [2.05, 4.69) is 0 Å². The molecule has 0 heterocycles. The summed E-state index contributed by atoms with van der Waals surface area (Å²) >= 11 is 0. The number of aliphatic hydroxyl groups is 1. The number of carbonyl (C=O) groups is 1. The maximum atomic E-state index is 11.0. The van der Waals surface area contributed by atoms with Crippen LogP contribution >= 0.6 is 12.4 Å². The highest BCUT2D eigenvalue weighted by molar-refractivity contribution is 5.85. The average Bonchev–Trinajstić information content (AvgIpc) is 2.36. The van der Waals surface area contributed by atoms with Crippen LogP contribution in [0.4, 0.5) is 0 Å². The van der Waals surface area contributed by atoms with E-state index in [0.29, 0.717) is 17.4 Å². The molecule has 0 saturated heterocycles. The van der Waals surface area contributed by atoms with E-state index in [9.17, 15) is 9.90 Å². The molecule has 0 aliphatic rings. The maximum Gasteiger partial charge on any atom is 0.169 e. The summed E-state index contributed by atoms with van der Waals surface area (Å²) in [6.45, 7) is 3.68.